The highest BCUT2D eigenvalue weighted by Crippen LogP contribution is 2.25. The van der Waals surface area contributed by atoms with Crippen LogP contribution in [0, 0.1) is 24.1 Å². The Morgan fingerprint density at radius 2 is 1.40 bits per heavy atom. The monoisotopic (exact) mass is 985 g/mol. The predicted molar refractivity (Wildman–Crippen MR) is 300 cm³/mol. The van der Waals surface area contributed by atoms with E-state index in [4.69, 9.17) is 5.11 Å². The predicted octanol–water partition coefficient (Wildman–Crippen LogP) is 14.3. The summed E-state index contributed by atoms with van der Waals surface area (Å²) < 4.78 is 15.5. The molecule has 387 valence electrons. The minimum atomic E-state index is -0.252. The molecule has 3 radical (unpaired) electrons. The molecule has 0 bridgehead atoms. The van der Waals surface area contributed by atoms with E-state index in [2.05, 4.69) is 104 Å². The van der Waals surface area contributed by atoms with Crippen molar-refractivity contribution in [3.8, 4) is 11.4 Å². The van der Waals surface area contributed by atoms with Crippen LogP contribution in [-0.4, -0.2) is 73.6 Å². The summed E-state index contributed by atoms with van der Waals surface area (Å²) in [5, 5.41) is 23.3. The first-order valence-corrected chi connectivity index (χ1v) is 26.1. The topological polar surface area (TPSA) is 168 Å². The quantitative estimate of drug-likeness (QED) is 0.0411. The summed E-state index contributed by atoms with van der Waals surface area (Å²) in [4.78, 5) is 39.3. The number of hydrogen-bond donors (Lipinski definition) is 5. The first-order chi connectivity index (χ1) is 33.3. The van der Waals surface area contributed by atoms with Crippen LogP contribution in [0.5, 0.6) is 0 Å². The third kappa shape index (κ3) is 26.5. The summed E-state index contributed by atoms with van der Waals surface area (Å²) in [6, 6.07) is 17.8. The van der Waals surface area contributed by atoms with E-state index in [1.54, 1.807) is 12.3 Å². The molecule has 0 aliphatic heterocycles. The third-order valence-corrected chi connectivity index (χ3v) is 10.0. The van der Waals surface area contributed by atoms with Crippen LogP contribution in [0.3, 0.4) is 0 Å². The number of nitrogens with zero attached hydrogens (tertiary/aromatic N) is 7. The molecule has 0 unspecified atom stereocenters. The number of thiazole rings is 1. The van der Waals surface area contributed by atoms with Gasteiger partial charge in [-0.1, -0.05) is 135 Å². The second kappa shape index (κ2) is 39.3. The van der Waals surface area contributed by atoms with E-state index in [0.29, 0.717) is 53.0 Å². The zero-order chi connectivity index (χ0) is 52.2. The number of aromatic nitrogens is 7. The number of fused-ring (bicyclic) bond motifs is 1. The third-order valence-electron chi connectivity index (χ3n) is 9.24. The lowest BCUT2D eigenvalue weighted by Crippen LogP contribution is -2.14. The zero-order valence-electron chi connectivity index (χ0n) is 45.6. The molecule has 2 aromatic carbocycles. The molecule has 0 atom stereocenters. The average Bonchev–Trinajstić information content (AvgIpc) is 3.95. The fourth-order valence-electron chi connectivity index (χ4n) is 5.75. The Bertz CT molecular complexity index is 2230. The number of carbonyl (C=O) groups is 1. The molecular formula is C54H88BFN11O2S. The maximum atomic E-state index is 13.3. The molecule has 6 aromatic rings. The van der Waals surface area contributed by atoms with E-state index < -0.39 is 0 Å². The molecule has 16 heteroatoms. The maximum absolute atomic E-state index is 13.3. The van der Waals surface area contributed by atoms with Gasteiger partial charge in [0.2, 0.25) is 17.8 Å². The molecule has 0 saturated carbocycles. The van der Waals surface area contributed by atoms with Crippen molar-refractivity contribution in [3.63, 3.8) is 0 Å². The number of aliphatic hydroxyl groups excluding tert-OH is 1. The van der Waals surface area contributed by atoms with E-state index in [-0.39, 0.29) is 20.1 Å². The number of imidazole rings is 1. The van der Waals surface area contributed by atoms with Crippen LogP contribution >= 0.6 is 11.3 Å². The fourth-order valence-corrected chi connectivity index (χ4v) is 6.45. The molecule has 1 amide bonds. The van der Waals surface area contributed by atoms with E-state index in [9.17, 15) is 9.18 Å². The number of rotatable bonds is 18. The van der Waals surface area contributed by atoms with Crippen LogP contribution in [0.1, 0.15) is 164 Å². The Labute approximate surface area is 427 Å². The summed E-state index contributed by atoms with van der Waals surface area (Å²) in [6.07, 6.45) is 8.05. The molecule has 70 heavy (non-hydrogen) atoms. The van der Waals surface area contributed by atoms with E-state index in [1.807, 2.05) is 110 Å². The Morgan fingerprint density at radius 1 is 0.771 bits per heavy atom. The number of halogens is 1. The van der Waals surface area contributed by atoms with Crippen molar-refractivity contribution in [1.82, 2.24) is 34.5 Å². The molecule has 4 aromatic heterocycles. The van der Waals surface area contributed by atoms with Gasteiger partial charge in [-0.15, -0.1) is 11.3 Å². The van der Waals surface area contributed by atoms with Crippen LogP contribution in [0.15, 0.2) is 72.2 Å². The Morgan fingerprint density at radius 3 is 1.94 bits per heavy atom. The molecule has 0 aliphatic rings. The number of anilines is 4. The molecule has 0 aliphatic carbocycles. The van der Waals surface area contributed by atoms with Gasteiger partial charge in [0.05, 0.1) is 16.7 Å². The summed E-state index contributed by atoms with van der Waals surface area (Å²) in [7, 11) is 0. The number of hydrogen-bond acceptors (Lipinski definition) is 12. The van der Waals surface area contributed by atoms with Crippen LogP contribution in [0.25, 0.3) is 22.4 Å². The molecule has 5 N–H and O–H groups in total. The summed E-state index contributed by atoms with van der Waals surface area (Å²) in [5.74, 6) is 2.69. The number of aryl methyl sites for hydroxylation is 2. The lowest BCUT2D eigenvalue weighted by atomic mass is 9.93. The summed E-state index contributed by atoms with van der Waals surface area (Å²) >= 11 is 1.38. The van der Waals surface area contributed by atoms with Crippen LogP contribution in [0.2, 0.25) is 0 Å². The lowest BCUT2D eigenvalue weighted by molar-refractivity contribution is 0.102. The van der Waals surface area contributed by atoms with Crippen molar-refractivity contribution in [2.24, 2.45) is 11.3 Å². The van der Waals surface area contributed by atoms with Gasteiger partial charge in [0.25, 0.3) is 5.91 Å². The van der Waals surface area contributed by atoms with Gasteiger partial charge in [-0.2, -0.15) is 15.0 Å². The Hall–Kier alpha value is -5.48. The van der Waals surface area contributed by atoms with E-state index >= 15 is 0 Å². The first kappa shape index (κ1) is 66.6. The highest BCUT2D eigenvalue weighted by atomic mass is 32.1. The van der Waals surface area contributed by atoms with Crippen molar-refractivity contribution in [2.75, 3.05) is 41.0 Å². The summed E-state index contributed by atoms with van der Waals surface area (Å²) in [5.41, 5.74) is 5.15. The van der Waals surface area contributed by atoms with Crippen molar-refractivity contribution < 1.29 is 14.3 Å². The number of amides is 1. The van der Waals surface area contributed by atoms with E-state index in [0.717, 1.165) is 92.0 Å². The van der Waals surface area contributed by atoms with Gasteiger partial charge >= 0.3 is 0 Å². The van der Waals surface area contributed by atoms with Gasteiger partial charge in [0.15, 0.2) is 5.13 Å². The standard InChI is InChI=1S/C21H21N5OS.C19H29FN6.C6H14O.4C2H6.B/c1-3-4-11-26-14(2)23-17-12-15(8-9-19(17)26)20(27)25-21-24-18(13-28-21)16-7-5-6-10-22-16;1-4-5-10-21-17-24-18(22-11-9-14(2)3)26-19(25-17)23-13-15-7-6-8-16(20)12-15;1-6(2,3)4-5-7;4*1-2;/h5-10,12-13H,3-4,11H2,1-2H3,(H,24,25,27);6-8,12,14H,4-5,9-11,13H2,1-3H3,(H3,21,22,23,24,25,26);7H,4-5H2,1-3H3;4*1-2H3;. The van der Waals surface area contributed by atoms with Crippen molar-refractivity contribution in [1.29, 1.82) is 0 Å². The van der Waals surface area contributed by atoms with Gasteiger partial charge < -0.3 is 25.6 Å². The fraction of sp³-hybridized carbons (Fsp3) is 0.537. The molecule has 0 saturated heterocycles. The molecular weight excluding hydrogens is 897 g/mol. The highest BCUT2D eigenvalue weighted by molar-refractivity contribution is 7.14. The maximum Gasteiger partial charge on any atom is 0.257 e. The number of nitrogens with one attached hydrogen (secondary N) is 4. The number of unbranched alkanes of at least 4 members (excludes halogenated alkanes) is 2. The number of carbonyl (C=O) groups excluding carboxylic acids is 1. The Kier molecular flexibility index (Phi) is 37.4. The van der Waals surface area contributed by atoms with E-state index in [1.165, 1.54) is 23.5 Å². The van der Waals surface area contributed by atoms with Gasteiger partial charge in [0.1, 0.15) is 17.3 Å². The average molecular weight is 985 g/mol. The van der Waals surface area contributed by atoms with Gasteiger partial charge in [0, 0.05) is 58.3 Å². The number of pyridine rings is 1. The SMILES string of the molecule is CC.CC.CC.CC.CC(C)(C)CCO.CCCCNc1nc(NCCC(C)C)nc(NCc2cccc(F)c2)n1.CCCCn1c(C)nc2cc(C(=O)Nc3nc(-c4ccccn4)cs3)ccc21.[B]. The molecule has 0 spiro atoms. The van der Waals surface area contributed by atoms with Gasteiger partial charge in [-0.25, -0.2) is 14.4 Å². The second-order valence-corrected chi connectivity index (χ2v) is 17.1. The first-order valence-electron chi connectivity index (χ1n) is 25.3. The molecule has 4 heterocycles. The minimum Gasteiger partial charge on any atom is -0.396 e. The van der Waals surface area contributed by atoms with Crippen LogP contribution in [-0.2, 0) is 13.1 Å². The molecule has 6 rings (SSSR count). The van der Waals surface area contributed by atoms with Gasteiger partial charge in [-0.05, 0) is 92.0 Å². The summed E-state index contributed by atoms with van der Waals surface area (Å²) in [6.45, 7) is 36.3. The molecule has 0 fully saturated rings. The highest BCUT2D eigenvalue weighted by Gasteiger charge is 2.14. The van der Waals surface area contributed by atoms with Crippen molar-refractivity contribution >= 4 is 59.7 Å². The van der Waals surface area contributed by atoms with Crippen LogP contribution in [0.4, 0.5) is 27.4 Å². The smallest absolute Gasteiger partial charge is 0.257 e. The zero-order valence-corrected chi connectivity index (χ0v) is 46.4. The van der Waals surface area contributed by atoms with Crippen LogP contribution < -0.4 is 21.3 Å². The number of benzene rings is 2. The Balaban J connectivity index is 0. The molecule has 13 nitrogen and oxygen atoms in total. The van der Waals surface area contributed by atoms with Crippen molar-refractivity contribution in [3.05, 3.63) is 95.0 Å². The second-order valence-electron chi connectivity index (χ2n) is 16.3. The normalized spacial score (nSPS) is 9.99. The number of aliphatic hydroxyl groups is 1. The van der Waals surface area contributed by atoms with Crippen molar-refractivity contribution in [2.45, 2.75) is 162 Å². The minimum absolute atomic E-state index is 0. The van der Waals surface area contributed by atoms with Gasteiger partial charge in [-0.3, -0.25) is 15.1 Å². The largest absolute Gasteiger partial charge is 0.396 e. The lowest BCUT2D eigenvalue weighted by Gasteiger charge is -2.14.